The van der Waals surface area contributed by atoms with Gasteiger partial charge in [0.25, 0.3) is 0 Å². The van der Waals surface area contributed by atoms with Crippen molar-refractivity contribution < 1.29 is 18.7 Å². The molecule has 2 unspecified atom stereocenters. The number of aliphatic hydroxyl groups excluding tert-OH is 1. The van der Waals surface area contributed by atoms with E-state index in [0.29, 0.717) is 0 Å². The fourth-order valence-electron chi connectivity index (χ4n) is 1.60. The Morgan fingerprint density at radius 3 is 2.63 bits per heavy atom. The first-order valence-electron chi connectivity index (χ1n) is 6.36. The summed E-state index contributed by atoms with van der Waals surface area (Å²) in [5.74, 6) is -2.11. The van der Waals surface area contributed by atoms with Crippen molar-refractivity contribution in [2.45, 2.75) is 45.3 Å². The normalized spacial score (nSPS) is 13.9. The number of carbonyl (C=O) groups excluding carboxylic acids is 1. The SMILES string of the molecule is CCC(C)NC(=O)CCC(O)c1ccc(F)c(F)c1. The van der Waals surface area contributed by atoms with Crippen molar-refractivity contribution in [3.8, 4) is 0 Å². The largest absolute Gasteiger partial charge is 0.388 e. The van der Waals surface area contributed by atoms with Gasteiger partial charge in [-0.25, -0.2) is 8.78 Å². The molecule has 0 aliphatic rings. The first-order valence-corrected chi connectivity index (χ1v) is 6.36. The Kier molecular flexibility index (Phi) is 5.89. The van der Waals surface area contributed by atoms with Gasteiger partial charge in [0.2, 0.25) is 5.91 Å². The van der Waals surface area contributed by atoms with Gasteiger partial charge in [-0.2, -0.15) is 0 Å². The molecule has 0 radical (unpaired) electrons. The van der Waals surface area contributed by atoms with Crippen LogP contribution in [0.2, 0.25) is 0 Å². The highest BCUT2D eigenvalue weighted by Gasteiger charge is 2.13. The number of rotatable bonds is 6. The van der Waals surface area contributed by atoms with E-state index >= 15 is 0 Å². The zero-order valence-electron chi connectivity index (χ0n) is 11.1. The van der Waals surface area contributed by atoms with Gasteiger partial charge in [-0.1, -0.05) is 13.0 Å². The molecule has 1 amide bonds. The van der Waals surface area contributed by atoms with E-state index < -0.39 is 17.7 Å². The van der Waals surface area contributed by atoms with Crippen LogP contribution in [0.1, 0.15) is 44.8 Å². The molecule has 0 bridgehead atoms. The minimum absolute atomic E-state index is 0.0907. The summed E-state index contributed by atoms with van der Waals surface area (Å²) in [6, 6.07) is 3.32. The van der Waals surface area contributed by atoms with Crippen LogP contribution in [0.25, 0.3) is 0 Å². The number of benzene rings is 1. The lowest BCUT2D eigenvalue weighted by Crippen LogP contribution is -2.31. The van der Waals surface area contributed by atoms with Gasteiger partial charge in [-0.15, -0.1) is 0 Å². The maximum atomic E-state index is 13.0. The fraction of sp³-hybridized carbons (Fsp3) is 0.500. The van der Waals surface area contributed by atoms with Crippen LogP contribution in [0.5, 0.6) is 0 Å². The molecular formula is C14H19F2NO2. The van der Waals surface area contributed by atoms with Crippen LogP contribution < -0.4 is 5.32 Å². The molecule has 1 aromatic carbocycles. The van der Waals surface area contributed by atoms with Crippen molar-refractivity contribution in [1.29, 1.82) is 0 Å². The van der Waals surface area contributed by atoms with Crippen LogP contribution in [-0.4, -0.2) is 17.1 Å². The molecule has 0 saturated carbocycles. The molecule has 19 heavy (non-hydrogen) atoms. The Bertz CT molecular complexity index is 437. The minimum Gasteiger partial charge on any atom is -0.388 e. The molecular weight excluding hydrogens is 252 g/mol. The quantitative estimate of drug-likeness (QED) is 0.835. The van der Waals surface area contributed by atoms with E-state index in [4.69, 9.17) is 0 Å². The third kappa shape index (κ3) is 4.95. The van der Waals surface area contributed by atoms with E-state index in [1.165, 1.54) is 6.07 Å². The molecule has 0 aromatic heterocycles. The fourth-order valence-corrected chi connectivity index (χ4v) is 1.60. The van der Waals surface area contributed by atoms with E-state index in [1.807, 2.05) is 13.8 Å². The van der Waals surface area contributed by atoms with E-state index in [2.05, 4.69) is 5.32 Å². The number of amides is 1. The summed E-state index contributed by atoms with van der Waals surface area (Å²) in [6.45, 7) is 3.85. The molecule has 2 atom stereocenters. The van der Waals surface area contributed by atoms with Gasteiger partial charge in [-0.3, -0.25) is 4.79 Å². The molecule has 0 aliphatic heterocycles. The Balaban J connectivity index is 2.48. The Morgan fingerprint density at radius 1 is 1.37 bits per heavy atom. The van der Waals surface area contributed by atoms with Gasteiger partial charge in [-0.05, 0) is 37.5 Å². The Morgan fingerprint density at radius 2 is 2.05 bits per heavy atom. The molecule has 0 heterocycles. The van der Waals surface area contributed by atoms with Crippen LogP contribution in [0.4, 0.5) is 8.78 Å². The number of aliphatic hydroxyl groups is 1. The highest BCUT2D eigenvalue weighted by atomic mass is 19.2. The third-order valence-electron chi connectivity index (χ3n) is 2.99. The van der Waals surface area contributed by atoms with Gasteiger partial charge < -0.3 is 10.4 Å². The molecule has 0 aliphatic carbocycles. The van der Waals surface area contributed by atoms with Gasteiger partial charge in [0.15, 0.2) is 11.6 Å². The van der Waals surface area contributed by atoms with E-state index in [9.17, 15) is 18.7 Å². The molecule has 1 rings (SSSR count). The molecule has 0 fully saturated rings. The average Bonchev–Trinajstić information content (AvgIpc) is 2.39. The van der Waals surface area contributed by atoms with Gasteiger partial charge in [0.05, 0.1) is 6.10 Å². The Hall–Kier alpha value is -1.49. The summed E-state index contributed by atoms with van der Waals surface area (Å²) < 4.78 is 25.7. The van der Waals surface area contributed by atoms with E-state index in [-0.39, 0.29) is 30.4 Å². The third-order valence-corrected chi connectivity index (χ3v) is 2.99. The predicted octanol–water partition coefficient (Wildman–Crippen LogP) is 2.69. The number of hydrogen-bond donors (Lipinski definition) is 2. The van der Waals surface area contributed by atoms with Crippen molar-refractivity contribution in [3.05, 3.63) is 35.4 Å². The summed E-state index contributed by atoms with van der Waals surface area (Å²) in [7, 11) is 0. The highest BCUT2D eigenvalue weighted by Crippen LogP contribution is 2.20. The zero-order valence-corrected chi connectivity index (χ0v) is 11.1. The van der Waals surface area contributed by atoms with Crippen molar-refractivity contribution in [2.75, 3.05) is 0 Å². The molecule has 2 N–H and O–H groups in total. The number of carbonyl (C=O) groups is 1. The second-order valence-corrected chi connectivity index (χ2v) is 4.60. The number of hydrogen-bond acceptors (Lipinski definition) is 2. The van der Waals surface area contributed by atoms with Crippen LogP contribution in [0, 0.1) is 11.6 Å². The Labute approximate surface area is 111 Å². The topological polar surface area (TPSA) is 49.3 Å². The lowest BCUT2D eigenvalue weighted by molar-refractivity contribution is -0.122. The summed E-state index contributed by atoms with van der Waals surface area (Å²) in [5.41, 5.74) is 0.273. The van der Waals surface area contributed by atoms with Crippen molar-refractivity contribution in [3.63, 3.8) is 0 Å². The average molecular weight is 271 g/mol. The van der Waals surface area contributed by atoms with Crippen LogP contribution in [0.3, 0.4) is 0 Å². The summed E-state index contributed by atoms with van der Waals surface area (Å²) in [6.07, 6.45) is 0.174. The predicted molar refractivity (Wildman–Crippen MR) is 68.4 cm³/mol. The van der Waals surface area contributed by atoms with Gasteiger partial charge in [0, 0.05) is 12.5 Å². The smallest absolute Gasteiger partial charge is 0.220 e. The molecule has 0 saturated heterocycles. The van der Waals surface area contributed by atoms with Crippen LogP contribution in [0.15, 0.2) is 18.2 Å². The molecule has 5 heteroatoms. The van der Waals surface area contributed by atoms with Crippen molar-refractivity contribution in [1.82, 2.24) is 5.32 Å². The second-order valence-electron chi connectivity index (χ2n) is 4.60. The summed E-state index contributed by atoms with van der Waals surface area (Å²) in [4.78, 5) is 11.5. The molecule has 0 spiro atoms. The maximum Gasteiger partial charge on any atom is 0.220 e. The number of halogens is 2. The van der Waals surface area contributed by atoms with E-state index in [1.54, 1.807) is 0 Å². The first-order chi connectivity index (χ1) is 8.93. The lowest BCUT2D eigenvalue weighted by atomic mass is 10.0. The minimum atomic E-state index is -0.999. The number of nitrogens with one attached hydrogen (secondary N) is 1. The standard InChI is InChI=1S/C14H19F2NO2/c1-3-9(2)17-14(19)7-6-13(18)10-4-5-11(15)12(16)8-10/h4-5,8-9,13,18H,3,6-7H2,1-2H3,(H,17,19). The lowest BCUT2D eigenvalue weighted by Gasteiger charge is -2.14. The molecule has 106 valence electrons. The molecule has 3 nitrogen and oxygen atoms in total. The van der Waals surface area contributed by atoms with Crippen molar-refractivity contribution in [2.24, 2.45) is 0 Å². The summed E-state index contributed by atoms with van der Waals surface area (Å²) in [5, 5.41) is 12.6. The van der Waals surface area contributed by atoms with Gasteiger partial charge >= 0.3 is 0 Å². The van der Waals surface area contributed by atoms with E-state index in [0.717, 1.165) is 18.6 Å². The maximum absolute atomic E-state index is 13.0. The second kappa shape index (κ2) is 7.19. The summed E-state index contributed by atoms with van der Waals surface area (Å²) >= 11 is 0. The zero-order chi connectivity index (χ0) is 14.4. The van der Waals surface area contributed by atoms with Crippen LogP contribution in [-0.2, 0) is 4.79 Å². The molecule has 1 aromatic rings. The monoisotopic (exact) mass is 271 g/mol. The first kappa shape index (κ1) is 15.6. The van der Waals surface area contributed by atoms with Crippen LogP contribution >= 0.6 is 0 Å². The van der Waals surface area contributed by atoms with Gasteiger partial charge in [0.1, 0.15) is 0 Å². The van der Waals surface area contributed by atoms with Crippen molar-refractivity contribution >= 4 is 5.91 Å². The highest BCUT2D eigenvalue weighted by molar-refractivity contribution is 5.76.